The van der Waals surface area contributed by atoms with Gasteiger partial charge in [-0.2, -0.15) is 0 Å². The maximum Gasteiger partial charge on any atom is 0.239 e. The maximum atomic E-state index is 14.3. The van der Waals surface area contributed by atoms with Crippen LogP contribution in [0, 0.1) is 11.8 Å². The number of hydrogen-bond acceptors (Lipinski definition) is 3. The normalized spacial score (nSPS) is 28.6. The van der Waals surface area contributed by atoms with Gasteiger partial charge in [0, 0.05) is 10.8 Å². The average molecular weight is 444 g/mol. The Balaban J connectivity index is 1.56. The summed E-state index contributed by atoms with van der Waals surface area (Å²) >= 11 is 0. The highest BCUT2D eigenvalue weighted by atomic mass is 16.2. The first kappa shape index (κ1) is 19.4. The molecule has 4 aliphatic rings. The second kappa shape index (κ2) is 6.29. The molecule has 2 amide bonds. The summed E-state index contributed by atoms with van der Waals surface area (Å²) in [6.45, 7) is 2.06. The van der Waals surface area contributed by atoms with Gasteiger partial charge in [0.2, 0.25) is 11.8 Å². The summed E-state index contributed by atoms with van der Waals surface area (Å²) in [5.41, 5.74) is 2.28. The quantitative estimate of drug-likeness (QED) is 0.331. The van der Waals surface area contributed by atoms with Crippen LogP contribution in [0.1, 0.15) is 29.2 Å². The summed E-state index contributed by atoms with van der Waals surface area (Å²) in [5, 5.41) is 1.80. The Hall–Kier alpha value is -4.05. The molecule has 4 aromatic carbocycles. The second-order valence-corrected chi connectivity index (χ2v) is 9.75. The molecular formula is C30H21NO3. The summed E-state index contributed by atoms with van der Waals surface area (Å²) < 4.78 is 0. The molecule has 1 aliphatic heterocycles. The number of carbonyl (C=O) groups excluding carboxylic acids is 3. The molecule has 4 nitrogen and oxygen atoms in total. The smallest absolute Gasteiger partial charge is 0.239 e. The minimum absolute atomic E-state index is 0.232. The molecule has 4 aromatic rings. The Kier molecular flexibility index (Phi) is 3.59. The fourth-order valence-corrected chi connectivity index (χ4v) is 7.10. The largest absolute Gasteiger partial charge is 0.302 e. The highest BCUT2D eigenvalue weighted by molar-refractivity contribution is 6.27. The summed E-state index contributed by atoms with van der Waals surface area (Å²) in [5.74, 6) is -1.97. The molecule has 1 fully saturated rings. The number of carbonyl (C=O) groups is 3. The molecule has 1 heterocycles. The van der Waals surface area contributed by atoms with E-state index < -0.39 is 22.7 Å². The molecule has 0 saturated carbocycles. The van der Waals surface area contributed by atoms with Crippen LogP contribution in [-0.2, 0) is 25.2 Å². The Bertz CT molecular complexity index is 1520. The van der Waals surface area contributed by atoms with Crippen molar-refractivity contribution in [3.63, 3.8) is 0 Å². The van der Waals surface area contributed by atoms with Crippen molar-refractivity contribution in [3.8, 4) is 0 Å². The van der Waals surface area contributed by atoms with Crippen LogP contribution in [0.15, 0.2) is 91.0 Å². The molecule has 34 heavy (non-hydrogen) atoms. The number of imide groups is 1. The van der Waals surface area contributed by atoms with Crippen molar-refractivity contribution < 1.29 is 14.4 Å². The van der Waals surface area contributed by atoms with E-state index in [-0.39, 0.29) is 11.8 Å². The lowest BCUT2D eigenvalue weighted by Gasteiger charge is -2.56. The zero-order valence-corrected chi connectivity index (χ0v) is 18.6. The van der Waals surface area contributed by atoms with Gasteiger partial charge in [-0.15, -0.1) is 0 Å². The van der Waals surface area contributed by atoms with Crippen molar-refractivity contribution in [2.75, 3.05) is 4.90 Å². The third kappa shape index (κ3) is 1.95. The van der Waals surface area contributed by atoms with Crippen molar-refractivity contribution in [2.24, 2.45) is 11.8 Å². The van der Waals surface area contributed by atoms with E-state index in [1.807, 2.05) is 91.0 Å². The first-order valence-corrected chi connectivity index (χ1v) is 11.6. The molecule has 2 atom stereocenters. The number of aldehydes is 1. The van der Waals surface area contributed by atoms with Crippen molar-refractivity contribution >= 4 is 34.6 Å². The van der Waals surface area contributed by atoms with E-state index in [2.05, 4.69) is 6.92 Å². The Labute approximate surface area is 196 Å². The Morgan fingerprint density at radius 1 is 0.676 bits per heavy atom. The number of hydrogen-bond donors (Lipinski definition) is 0. The molecule has 0 radical (unpaired) electrons. The SMILES string of the molecule is CC12c3ccccc3C(C=O)(c3ccccc31)[C@H]1C(=O)N(c3cccc4ccccc34)C(=O)[C@H]12. The van der Waals surface area contributed by atoms with Gasteiger partial charge in [0.15, 0.2) is 0 Å². The Morgan fingerprint density at radius 2 is 1.21 bits per heavy atom. The number of nitrogens with zero attached hydrogens (tertiary/aromatic N) is 1. The van der Waals surface area contributed by atoms with E-state index in [1.54, 1.807) is 0 Å². The number of amides is 2. The van der Waals surface area contributed by atoms with Gasteiger partial charge in [0.05, 0.1) is 22.9 Å². The highest BCUT2D eigenvalue weighted by Crippen LogP contribution is 2.66. The van der Waals surface area contributed by atoms with E-state index in [0.717, 1.165) is 39.3 Å². The summed E-state index contributed by atoms with van der Waals surface area (Å²) in [6.07, 6.45) is 0.916. The molecule has 164 valence electrons. The van der Waals surface area contributed by atoms with Gasteiger partial charge in [-0.1, -0.05) is 91.9 Å². The monoisotopic (exact) mass is 443 g/mol. The molecule has 2 bridgehead atoms. The maximum absolute atomic E-state index is 14.3. The minimum atomic E-state index is -1.19. The summed E-state index contributed by atoms with van der Waals surface area (Å²) in [6, 6.07) is 29.1. The first-order valence-electron chi connectivity index (χ1n) is 11.6. The Morgan fingerprint density at radius 3 is 1.85 bits per heavy atom. The predicted octanol–water partition coefficient (Wildman–Crippen LogP) is 4.76. The van der Waals surface area contributed by atoms with Crippen molar-refractivity contribution in [1.29, 1.82) is 0 Å². The fourth-order valence-electron chi connectivity index (χ4n) is 7.10. The van der Waals surface area contributed by atoms with Crippen molar-refractivity contribution in [2.45, 2.75) is 17.8 Å². The van der Waals surface area contributed by atoms with E-state index in [4.69, 9.17) is 0 Å². The fraction of sp³-hybridized carbons (Fsp3) is 0.167. The molecule has 0 spiro atoms. The molecule has 0 aromatic heterocycles. The average Bonchev–Trinajstić information content (AvgIpc) is 3.16. The van der Waals surface area contributed by atoms with Gasteiger partial charge in [-0.3, -0.25) is 9.59 Å². The number of rotatable bonds is 2. The number of benzene rings is 4. The number of anilines is 1. The van der Waals surface area contributed by atoms with Crippen LogP contribution in [0.5, 0.6) is 0 Å². The van der Waals surface area contributed by atoms with Crippen LogP contribution in [0.3, 0.4) is 0 Å². The molecular weight excluding hydrogens is 422 g/mol. The zero-order chi connectivity index (χ0) is 23.2. The second-order valence-electron chi connectivity index (χ2n) is 9.75. The first-order chi connectivity index (χ1) is 16.5. The van der Waals surface area contributed by atoms with Crippen molar-refractivity contribution in [3.05, 3.63) is 113 Å². The standard InChI is InChI=1S/C30H21NO3/c1-29-20-12-4-6-14-22(20)30(17-32,23-15-7-5-13-21(23)29)26-25(29)27(33)31(28(26)34)24-16-8-10-18-9-2-3-11-19(18)24/h2-17,25-26H,1H3/t25-,26+,29?,30?/m0/s1. The van der Waals surface area contributed by atoms with Gasteiger partial charge in [0.25, 0.3) is 0 Å². The summed E-state index contributed by atoms with van der Waals surface area (Å²) in [4.78, 5) is 43.0. The molecule has 0 N–H and O–H groups in total. The predicted molar refractivity (Wildman–Crippen MR) is 130 cm³/mol. The zero-order valence-electron chi connectivity index (χ0n) is 18.6. The van der Waals surface area contributed by atoms with Crippen LogP contribution in [0.4, 0.5) is 5.69 Å². The minimum Gasteiger partial charge on any atom is -0.302 e. The van der Waals surface area contributed by atoms with Gasteiger partial charge in [-0.25, -0.2) is 4.90 Å². The molecule has 4 heteroatoms. The summed E-state index contributed by atoms with van der Waals surface area (Å²) in [7, 11) is 0. The highest BCUT2D eigenvalue weighted by Gasteiger charge is 2.72. The van der Waals surface area contributed by atoms with Crippen LogP contribution >= 0.6 is 0 Å². The molecule has 8 rings (SSSR count). The topological polar surface area (TPSA) is 54.5 Å². The van der Waals surface area contributed by atoms with Gasteiger partial charge in [0.1, 0.15) is 6.29 Å². The van der Waals surface area contributed by atoms with Crippen LogP contribution in [-0.4, -0.2) is 18.1 Å². The van der Waals surface area contributed by atoms with Gasteiger partial charge in [-0.05, 0) is 33.7 Å². The lowest BCUT2D eigenvalue weighted by molar-refractivity contribution is -0.129. The van der Waals surface area contributed by atoms with Crippen LogP contribution in [0.2, 0.25) is 0 Å². The van der Waals surface area contributed by atoms with Gasteiger partial charge < -0.3 is 4.79 Å². The molecule has 1 saturated heterocycles. The van der Waals surface area contributed by atoms with E-state index in [0.29, 0.717) is 5.69 Å². The van der Waals surface area contributed by atoms with Gasteiger partial charge >= 0.3 is 0 Å². The number of fused-ring (bicyclic) bond motifs is 1. The van der Waals surface area contributed by atoms with E-state index in [1.165, 1.54) is 4.90 Å². The molecule has 0 unspecified atom stereocenters. The lowest BCUT2D eigenvalue weighted by Crippen LogP contribution is -2.61. The van der Waals surface area contributed by atoms with E-state index in [9.17, 15) is 14.4 Å². The third-order valence-corrected chi connectivity index (χ3v) is 8.48. The van der Waals surface area contributed by atoms with Crippen LogP contribution < -0.4 is 4.90 Å². The lowest BCUT2D eigenvalue weighted by atomic mass is 9.42. The van der Waals surface area contributed by atoms with Crippen LogP contribution in [0.25, 0.3) is 10.8 Å². The third-order valence-electron chi connectivity index (χ3n) is 8.48. The van der Waals surface area contributed by atoms with Crippen molar-refractivity contribution in [1.82, 2.24) is 0 Å². The van der Waals surface area contributed by atoms with E-state index >= 15 is 0 Å². The molecule has 3 aliphatic carbocycles.